The number of hydrogen-bond acceptors (Lipinski definition) is 3. The van der Waals surface area contributed by atoms with Crippen LogP contribution in [-0.4, -0.2) is 23.0 Å². The second-order valence-corrected chi connectivity index (χ2v) is 11.1. The van der Waals surface area contributed by atoms with E-state index in [4.69, 9.17) is 9.72 Å². The molecule has 6 rings (SSSR count). The van der Waals surface area contributed by atoms with Gasteiger partial charge in [-0.05, 0) is 43.0 Å². The number of aromatic nitrogens is 2. The van der Waals surface area contributed by atoms with Crippen LogP contribution in [0, 0.1) is 5.82 Å². The average Bonchev–Trinajstić information content (AvgIpc) is 3.48. The van der Waals surface area contributed by atoms with Gasteiger partial charge in [0.25, 0.3) is 4.88 Å². The van der Waals surface area contributed by atoms with Crippen molar-refractivity contribution >= 4 is 37.6 Å². The molecule has 1 saturated carbocycles. The summed E-state index contributed by atoms with van der Waals surface area (Å²) in [5.74, 6) is -0.0539. The fraction of sp³-hybridized carbons (Fsp3) is 0.241. The number of benzene rings is 2. The maximum absolute atomic E-state index is 14.3. The van der Waals surface area contributed by atoms with E-state index in [0.717, 1.165) is 21.3 Å². The Morgan fingerprint density at radius 1 is 1.06 bits per heavy atom. The Kier molecular flexibility index (Phi) is 5.61. The molecule has 1 fully saturated rings. The molecule has 35 heavy (non-hydrogen) atoms. The summed E-state index contributed by atoms with van der Waals surface area (Å²) in [6, 6.07) is 18.6. The summed E-state index contributed by atoms with van der Waals surface area (Å²) >= 11 is 0. The molecule has 6 heteroatoms. The first kappa shape index (κ1) is 22.0. The first-order valence-electron chi connectivity index (χ1n) is 12.1. The maximum atomic E-state index is 14.3. The average molecular weight is 486 g/mol. The highest BCUT2D eigenvalue weighted by Gasteiger charge is 2.34. The second kappa shape index (κ2) is 8.93. The largest absolute Gasteiger partial charge is 0.462 e. The van der Waals surface area contributed by atoms with E-state index in [1.165, 1.54) is 55.5 Å². The minimum atomic E-state index is -0.549. The summed E-state index contributed by atoms with van der Waals surface area (Å²) in [7, 11) is 0.890. The van der Waals surface area contributed by atoms with Gasteiger partial charge in [0.15, 0.2) is 4.90 Å². The lowest BCUT2D eigenvalue weighted by Gasteiger charge is -2.19. The van der Waals surface area contributed by atoms with Crippen molar-refractivity contribution in [2.24, 2.45) is 0 Å². The molecule has 2 aromatic carbocycles. The minimum absolute atomic E-state index is 0.286. The highest BCUT2D eigenvalue weighted by Crippen LogP contribution is 2.49. The number of carbonyl (C=O) groups is 1. The van der Waals surface area contributed by atoms with Crippen LogP contribution in [0.25, 0.3) is 37.3 Å². The molecule has 1 aliphatic carbocycles. The number of carbonyl (C=O) groups excluding carboxylic acids is 1. The molecule has 1 N–H and O–H groups in total. The SMILES string of the molecule is COC(=O)c1cc2[nH]cc(C3CCCCC3)c2[s+]1-c1ccc2nc(-c3ccccc3F)ccc2c1. The number of ether oxygens (including phenoxy) is 1. The van der Waals surface area contributed by atoms with Gasteiger partial charge >= 0.3 is 5.97 Å². The van der Waals surface area contributed by atoms with Crippen LogP contribution in [0.15, 0.2) is 66.9 Å². The van der Waals surface area contributed by atoms with E-state index in [1.807, 2.05) is 36.4 Å². The monoisotopic (exact) mass is 485 g/mol. The summed E-state index contributed by atoms with van der Waals surface area (Å²) in [5.41, 5.74) is 4.24. The van der Waals surface area contributed by atoms with Gasteiger partial charge < -0.3 is 9.72 Å². The third-order valence-electron chi connectivity index (χ3n) is 7.07. The van der Waals surface area contributed by atoms with Crippen molar-refractivity contribution in [1.82, 2.24) is 9.97 Å². The lowest BCUT2D eigenvalue weighted by molar-refractivity contribution is 0.0606. The number of halogens is 1. The van der Waals surface area contributed by atoms with Crippen LogP contribution in [0.3, 0.4) is 0 Å². The Bertz CT molecular complexity index is 1560. The Labute approximate surface area is 205 Å². The number of aromatic amines is 1. The van der Waals surface area contributed by atoms with Crippen LogP contribution in [0.5, 0.6) is 0 Å². The molecule has 5 aromatic rings. The number of rotatable bonds is 4. The smallest absolute Gasteiger partial charge is 0.391 e. The fourth-order valence-electron chi connectivity index (χ4n) is 5.33. The molecule has 0 spiro atoms. The Morgan fingerprint density at radius 2 is 1.89 bits per heavy atom. The van der Waals surface area contributed by atoms with E-state index in [9.17, 15) is 9.18 Å². The van der Waals surface area contributed by atoms with E-state index in [2.05, 4.69) is 17.2 Å². The van der Waals surface area contributed by atoms with Crippen molar-refractivity contribution in [2.45, 2.75) is 38.0 Å². The maximum Gasteiger partial charge on any atom is 0.391 e. The number of nitrogens with zero attached hydrogens (tertiary/aromatic N) is 1. The van der Waals surface area contributed by atoms with Gasteiger partial charge in [0.05, 0.1) is 18.3 Å². The molecule has 176 valence electrons. The molecule has 1 unspecified atom stereocenters. The number of fused-ring (bicyclic) bond motifs is 2. The van der Waals surface area contributed by atoms with Crippen LogP contribution in [-0.2, 0) is 4.74 Å². The van der Waals surface area contributed by atoms with E-state index < -0.39 is 10.5 Å². The summed E-state index contributed by atoms with van der Waals surface area (Å²) in [6.07, 6.45) is 8.33. The molecule has 0 amide bonds. The quantitative estimate of drug-likeness (QED) is 0.207. The van der Waals surface area contributed by atoms with Crippen LogP contribution in [0.4, 0.5) is 4.39 Å². The van der Waals surface area contributed by atoms with Crippen molar-refractivity contribution < 1.29 is 13.9 Å². The van der Waals surface area contributed by atoms with Crippen molar-refractivity contribution in [3.63, 3.8) is 0 Å². The standard InChI is InChI=1S/C29H25FN2O2S/c1-34-29(33)27-16-26-28(22(17-31-26)18-7-3-2-4-8-18)35(27)20-12-14-24-19(15-20)11-13-25(32-24)21-9-5-6-10-23(21)30/h5-6,9-18H,2-4,7-8H2,1H3/p+1. The van der Waals surface area contributed by atoms with E-state index in [0.29, 0.717) is 22.1 Å². The molecule has 1 atom stereocenters. The summed E-state index contributed by atoms with van der Waals surface area (Å²) in [6.45, 7) is 0. The highest BCUT2D eigenvalue weighted by molar-refractivity contribution is 7.46. The van der Waals surface area contributed by atoms with E-state index in [-0.39, 0.29) is 11.8 Å². The van der Waals surface area contributed by atoms with Gasteiger partial charge in [-0.15, -0.1) is 0 Å². The normalized spacial score (nSPS) is 15.1. The number of thiophene rings is 1. The molecule has 3 heterocycles. The van der Waals surface area contributed by atoms with Gasteiger partial charge in [0.2, 0.25) is 4.70 Å². The molecule has 0 saturated heterocycles. The van der Waals surface area contributed by atoms with Gasteiger partial charge in [-0.3, -0.25) is 0 Å². The molecule has 0 radical (unpaired) electrons. The molecule has 1 aliphatic rings. The highest BCUT2D eigenvalue weighted by atomic mass is 32.2. The third-order valence-corrected chi connectivity index (χ3v) is 9.38. The fourth-order valence-corrected chi connectivity index (χ4v) is 7.77. The van der Waals surface area contributed by atoms with Gasteiger partial charge in [-0.2, -0.15) is 0 Å². The van der Waals surface area contributed by atoms with Gasteiger partial charge in [-0.25, -0.2) is 14.2 Å². The topological polar surface area (TPSA) is 55.0 Å². The van der Waals surface area contributed by atoms with Gasteiger partial charge in [-0.1, -0.05) is 37.5 Å². The Balaban J connectivity index is 1.50. The summed E-state index contributed by atoms with van der Waals surface area (Å²) in [5, 5.41) is 0.961. The van der Waals surface area contributed by atoms with Gasteiger partial charge in [0.1, 0.15) is 11.3 Å². The number of nitrogens with one attached hydrogen (secondary N) is 1. The lowest BCUT2D eigenvalue weighted by atomic mass is 9.85. The first-order valence-corrected chi connectivity index (χ1v) is 13.3. The Hall–Kier alpha value is -3.51. The van der Waals surface area contributed by atoms with Crippen LogP contribution in [0.1, 0.15) is 53.3 Å². The van der Waals surface area contributed by atoms with Crippen LogP contribution in [0.2, 0.25) is 0 Å². The number of H-pyrrole nitrogens is 1. The molecule has 0 aliphatic heterocycles. The van der Waals surface area contributed by atoms with Crippen LogP contribution < -0.4 is 0 Å². The van der Waals surface area contributed by atoms with Gasteiger partial charge in [0, 0.05) is 51.4 Å². The third kappa shape index (κ3) is 3.82. The predicted octanol–water partition coefficient (Wildman–Crippen LogP) is 8.09. The molecule has 4 nitrogen and oxygen atoms in total. The zero-order chi connectivity index (χ0) is 23.9. The summed E-state index contributed by atoms with van der Waals surface area (Å²) < 4.78 is 20.7. The van der Waals surface area contributed by atoms with Crippen molar-refractivity contribution in [2.75, 3.05) is 7.11 Å². The minimum Gasteiger partial charge on any atom is -0.462 e. The van der Waals surface area contributed by atoms with Crippen molar-refractivity contribution in [1.29, 1.82) is 0 Å². The second-order valence-electron chi connectivity index (χ2n) is 9.16. The molecular formula is C29H26FN2O2S+. The number of hydrogen-bond donors (Lipinski definition) is 1. The zero-order valence-corrected chi connectivity index (χ0v) is 20.3. The van der Waals surface area contributed by atoms with Crippen molar-refractivity contribution in [3.8, 4) is 16.2 Å². The predicted molar refractivity (Wildman–Crippen MR) is 140 cm³/mol. The molecular weight excluding hydrogens is 459 g/mol. The number of pyridine rings is 1. The number of esters is 1. The summed E-state index contributed by atoms with van der Waals surface area (Å²) in [4.78, 5) is 22.7. The zero-order valence-electron chi connectivity index (χ0n) is 19.5. The molecule has 3 aromatic heterocycles. The van der Waals surface area contributed by atoms with Crippen LogP contribution >= 0.6 is 10.5 Å². The number of methoxy groups -OCH3 is 1. The van der Waals surface area contributed by atoms with Crippen molar-refractivity contribution in [3.05, 3.63) is 83.1 Å². The lowest BCUT2D eigenvalue weighted by Crippen LogP contribution is -2.04. The van der Waals surface area contributed by atoms with E-state index in [1.54, 1.807) is 12.1 Å². The molecule has 0 bridgehead atoms. The Morgan fingerprint density at radius 3 is 2.69 bits per heavy atom. The first-order chi connectivity index (χ1) is 17.1. The van der Waals surface area contributed by atoms with E-state index >= 15 is 0 Å².